The third-order valence-electron chi connectivity index (χ3n) is 11.5. The van der Waals surface area contributed by atoms with Gasteiger partial charge in [0.15, 0.2) is 0 Å². The van der Waals surface area contributed by atoms with Crippen molar-refractivity contribution in [3.05, 3.63) is 125 Å². The largest absolute Gasteiger partial charge is 0.309 e. The maximum absolute atomic E-state index is 2.58. The zero-order valence-corrected chi connectivity index (χ0v) is 34.9. The molecule has 0 N–H and O–H groups in total. The molecule has 0 bridgehead atoms. The number of benzene rings is 5. The van der Waals surface area contributed by atoms with Crippen LogP contribution in [-0.2, 0) is 27.1 Å². The molecule has 52 heavy (non-hydrogen) atoms. The highest BCUT2D eigenvalue weighted by molar-refractivity contribution is 6.18. The second-order valence-corrected chi connectivity index (χ2v) is 20.1. The molecular weight excluding hydrogens is 627 g/mol. The number of hydrogen-bond donors (Lipinski definition) is 0. The van der Waals surface area contributed by atoms with Gasteiger partial charge in [-0.2, -0.15) is 0 Å². The minimum Gasteiger partial charge on any atom is -0.309 e. The summed E-state index contributed by atoms with van der Waals surface area (Å²) < 4.78 is 2.58. The first kappa shape index (κ1) is 37.7. The molecule has 1 aromatic heterocycles. The fraction of sp³-hybridized carbons (Fsp3) is 0.412. The van der Waals surface area contributed by atoms with E-state index in [1.165, 1.54) is 77.6 Å². The zero-order chi connectivity index (χ0) is 38.2. The first-order chi connectivity index (χ1) is 24.0. The lowest BCUT2D eigenvalue weighted by atomic mass is 9.74. The Kier molecular flexibility index (Phi) is 9.26. The average molecular weight is 690 g/mol. The van der Waals surface area contributed by atoms with Gasteiger partial charge in [0.05, 0.1) is 11.0 Å². The molecule has 0 aliphatic heterocycles. The van der Waals surface area contributed by atoms with E-state index in [0.29, 0.717) is 0 Å². The van der Waals surface area contributed by atoms with Crippen molar-refractivity contribution in [1.29, 1.82) is 0 Å². The fourth-order valence-corrected chi connectivity index (χ4v) is 7.66. The Morgan fingerprint density at radius 2 is 0.904 bits per heavy atom. The van der Waals surface area contributed by atoms with Gasteiger partial charge >= 0.3 is 0 Å². The zero-order valence-electron chi connectivity index (χ0n) is 34.9. The number of nitrogens with zero attached hydrogens (tertiary/aromatic N) is 1. The Morgan fingerprint density at radius 1 is 0.423 bits per heavy atom. The lowest BCUT2D eigenvalue weighted by Gasteiger charge is -2.30. The minimum absolute atomic E-state index is 0.00926. The summed E-state index contributed by atoms with van der Waals surface area (Å²) in [5.41, 5.74) is 15.9. The Bertz CT molecular complexity index is 2200. The van der Waals surface area contributed by atoms with Crippen molar-refractivity contribution in [1.82, 2.24) is 4.57 Å². The Balaban J connectivity index is 1.87. The van der Waals surface area contributed by atoms with E-state index >= 15 is 0 Å². The predicted molar refractivity (Wildman–Crippen MR) is 230 cm³/mol. The predicted octanol–water partition coefficient (Wildman–Crippen LogP) is 15.0. The number of rotatable bonds is 5. The average Bonchev–Trinajstić information content (AvgIpc) is 3.40. The van der Waals surface area contributed by atoms with Crippen molar-refractivity contribution in [2.24, 2.45) is 0 Å². The van der Waals surface area contributed by atoms with Gasteiger partial charge in [-0.05, 0) is 108 Å². The van der Waals surface area contributed by atoms with E-state index in [1.54, 1.807) is 0 Å². The van der Waals surface area contributed by atoms with Crippen LogP contribution < -0.4 is 0 Å². The van der Waals surface area contributed by atoms with Gasteiger partial charge in [-0.15, -0.1) is 0 Å². The quantitative estimate of drug-likeness (QED) is 0.170. The van der Waals surface area contributed by atoms with Crippen LogP contribution in [0.4, 0.5) is 0 Å². The van der Waals surface area contributed by atoms with Gasteiger partial charge in [-0.25, -0.2) is 0 Å². The van der Waals surface area contributed by atoms with Crippen LogP contribution in [0.3, 0.4) is 0 Å². The van der Waals surface area contributed by atoms with E-state index in [1.807, 2.05) is 0 Å². The number of aromatic nitrogens is 1. The Labute approximate surface area is 315 Å². The van der Waals surface area contributed by atoms with Crippen LogP contribution in [0.25, 0.3) is 49.7 Å². The molecule has 0 aliphatic carbocycles. The summed E-state index contributed by atoms with van der Waals surface area (Å²) >= 11 is 0. The van der Waals surface area contributed by atoms with E-state index in [9.17, 15) is 0 Å². The Hall–Kier alpha value is -4.10. The number of fused-ring (bicyclic) bond motifs is 3. The number of hydrogen-bond acceptors (Lipinski definition) is 0. The fourth-order valence-electron chi connectivity index (χ4n) is 7.66. The second-order valence-electron chi connectivity index (χ2n) is 20.1. The molecule has 0 saturated heterocycles. The van der Waals surface area contributed by atoms with Gasteiger partial charge in [-0.1, -0.05) is 177 Å². The summed E-state index contributed by atoms with van der Waals surface area (Å²) in [5.74, 6) is 0. The van der Waals surface area contributed by atoms with Crippen molar-refractivity contribution < 1.29 is 0 Å². The molecule has 0 unspecified atom stereocenters. The highest BCUT2D eigenvalue weighted by Crippen LogP contribution is 2.49. The molecule has 0 radical (unpaired) electrons. The second kappa shape index (κ2) is 12.8. The van der Waals surface area contributed by atoms with Crippen molar-refractivity contribution in [2.45, 2.75) is 137 Å². The lowest BCUT2D eigenvalue weighted by molar-refractivity contribution is 0.512. The SMILES string of the molecule is CCC(C)(C)c1c(-c2cc(C(C)(C)C)cc(C(C)(C)C)c2)ccc2c1c1c(-c3ccccc3)cccc1n2-c1cc(C(C)(C)C)cc(C(C)(C)C)c1. The maximum Gasteiger partial charge on any atom is 0.0547 e. The van der Waals surface area contributed by atoms with Gasteiger partial charge in [0, 0.05) is 16.5 Å². The third kappa shape index (κ3) is 6.89. The molecule has 0 amide bonds. The van der Waals surface area contributed by atoms with E-state index in [4.69, 9.17) is 0 Å². The molecule has 0 atom stereocenters. The molecule has 1 heteroatoms. The van der Waals surface area contributed by atoms with E-state index in [-0.39, 0.29) is 27.1 Å². The summed E-state index contributed by atoms with van der Waals surface area (Å²) in [4.78, 5) is 0. The molecule has 1 heterocycles. The van der Waals surface area contributed by atoms with Crippen molar-refractivity contribution in [3.8, 4) is 27.9 Å². The summed E-state index contributed by atoms with van der Waals surface area (Å²) in [7, 11) is 0. The highest BCUT2D eigenvalue weighted by atomic mass is 15.0. The molecule has 0 spiro atoms. The molecule has 0 aliphatic rings. The Morgan fingerprint density at radius 3 is 1.38 bits per heavy atom. The normalized spacial score (nSPS) is 13.4. The highest BCUT2D eigenvalue weighted by Gasteiger charge is 2.31. The summed E-state index contributed by atoms with van der Waals surface area (Å²) in [6.07, 6.45) is 1.03. The molecule has 6 aromatic rings. The van der Waals surface area contributed by atoms with Gasteiger partial charge in [0.2, 0.25) is 0 Å². The van der Waals surface area contributed by atoms with E-state index in [0.717, 1.165) is 6.42 Å². The third-order valence-corrected chi connectivity index (χ3v) is 11.5. The van der Waals surface area contributed by atoms with E-state index < -0.39 is 0 Å². The van der Waals surface area contributed by atoms with Crippen LogP contribution in [0.15, 0.2) is 97.1 Å². The van der Waals surface area contributed by atoms with Gasteiger partial charge < -0.3 is 4.57 Å². The summed E-state index contributed by atoms with van der Waals surface area (Å²) in [5, 5.41) is 2.71. The summed E-state index contributed by atoms with van der Waals surface area (Å²) in [6, 6.07) is 37.5. The topological polar surface area (TPSA) is 4.93 Å². The molecule has 0 fully saturated rings. The van der Waals surface area contributed by atoms with Crippen molar-refractivity contribution in [2.75, 3.05) is 0 Å². The molecule has 0 saturated carbocycles. The molecule has 1 nitrogen and oxygen atoms in total. The maximum atomic E-state index is 2.58. The van der Waals surface area contributed by atoms with E-state index in [2.05, 4.69) is 205 Å². The first-order valence-electron chi connectivity index (χ1n) is 19.5. The van der Waals surface area contributed by atoms with Crippen molar-refractivity contribution >= 4 is 21.8 Å². The van der Waals surface area contributed by atoms with Crippen molar-refractivity contribution in [3.63, 3.8) is 0 Å². The monoisotopic (exact) mass is 689 g/mol. The first-order valence-corrected chi connectivity index (χ1v) is 19.5. The van der Waals surface area contributed by atoms with Crippen LogP contribution in [0.2, 0.25) is 0 Å². The molecule has 5 aromatic carbocycles. The molecule has 272 valence electrons. The molecule has 6 rings (SSSR count). The lowest BCUT2D eigenvalue weighted by Crippen LogP contribution is -2.19. The van der Waals surface area contributed by atoms with Crippen LogP contribution in [0.1, 0.15) is 138 Å². The minimum atomic E-state index is -0.0960. The smallest absolute Gasteiger partial charge is 0.0547 e. The van der Waals surface area contributed by atoms with Gasteiger partial charge in [0.25, 0.3) is 0 Å². The van der Waals surface area contributed by atoms with Crippen LogP contribution in [0.5, 0.6) is 0 Å². The standard InChI is InChI=1S/C51H63N/c1-16-51(14,15)46-41(34-27-35(47(2,3)4)29-36(28-34)48(5,6)7)25-26-43-45(46)44-40(33-21-18-17-19-22-33)23-20-24-42(44)52(43)39-31-37(49(8,9)10)30-38(32-39)50(11,12)13/h17-32H,16H2,1-15H3. The van der Waals surface area contributed by atoms with Crippen LogP contribution >= 0.6 is 0 Å². The van der Waals surface area contributed by atoms with Gasteiger partial charge in [0.1, 0.15) is 0 Å². The van der Waals surface area contributed by atoms with Crippen LogP contribution in [-0.4, -0.2) is 4.57 Å². The summed E-state index contributed by atoms with van der Waals surface area (Å²) in [6.45, 7) is 35.3. The molecular formula is C51H63N. The van der Waals surface area contributed by atoms with Gasteiger partial charge in [-0.3, -0.25) is 0 Å². The van der Waals surface area contributed by atoms with Crippen LogP contribution in [0, 0.1) is 0 Å².